The minimum atomic E-state index is -0.896. The van der Waals surface area contributed by atoms with Crippen molar-refractivity contribution < 1.29 is 9.90 Å². The standard InChI is InChI=1S/C20H28N2O2.ClH/c1-2-15(12-14-6-4-3-5-7-14)18-13-19(18)21-16-8-10-17(11-9-16)22-20(23)24;/h3-7,12,16-19,21-22H,2,8-11,13H2,1H3,(H,23,24);1H. The molecule has 2 fully saturated rings. The highest BCUT2D eigenvalue weighted by atomic mass is 35.5. The Morgan fingerprint density at radius 2 is 1.80 bits per heavy atom. The first-order chi connectivity index (χ1) is 11.7. The summed E-state index contributed by atoms with van der Waals surface area (Å²) in [6, 6.07) is 11.8. The number of hydrogen-bond acceptors (Lipinski definition) is 2. The molecule has 0 aromatic heterocycles. The maximum atomic E-state index is 10.7. The summed E-state index contributed by atoms with van der Waals surface area (Å²) in [5, 5.41) is 15.2. The Kier molecular flexibility index (Phi) is 7.33. The lowest BCUT2D eigenvalue weighted by atomic mass is 9.91. The second-order valence-corrected chi connectivity index (χ2v) is 7.10. The van der Waals surface area contributed by atoms with Gasteiger partial charge in [-0.15, -0.1) is 12.4 Å². The van der Waals surface area contributed by atoms with Crippen LogP contribution < -0.4 is 10.6 Å². The SMILES string of the molecule is CCC(=Cc1ccccc1)C1CC1NC1CCC(NC(=O)O)CC1.Cl. The second-order valence-electron chi connectivity index (χ2n) is 7.10. The largest absolute Gasteiger partial charge is 0.465 e. The summed E-state index contributed by atoms with van der Waals surface area (Å²) < 4.78 is 0. The zero-order chi connectivity index (χ0) is 16.9. The maximum absolute atomic E-state index is 10.7. The van der Waals surface area contributed by atoms with Crippen molar-refractivity contribution in [3.8, 4) is 0 Å². The first-order valence-corrected chi connectivity index (χ1v) is 9.16. The molecule has 0 bridgehead atoms. The Morgan fingerprint density at radius 1 is 1.16 bits per heavy atom. The van der Waals surface area contributed by atoms with Crippen LogP contribution in [0.25, 0.3) is 6.08 Å². The molecule has 0 heterocycles. The Labute approximate surface area is 156 Å². The molecule has 3 N–H and O–H groups in total. The highest BCUT2D eigenvalue weighted by molar-refractivity contribution is 5.85. The van der Waals surface area contributed by atoms with Gasteiger partial charge in [-0.25, -0.2) is 4.79 Å². The number of hydrogen-bond donors (Lipinski definition) is 3. The molecule has 0 aliphatic heterocycles. The number of halogens is 1. The molecule has 4 nitrogen and oxygen atoms in total. The summed E-state index contributed by atoms with van der Waals surface area (Å²) in [6.07, 6.45) is 7.82. The summed E-state index contributed by atoms with van der Waals surface area (Å²) in [5.74, 6) is 0.671. The van der Waals surface area contributed by atoms with E-state index in [0.717, 1.165) is 32.1 Å². The minimum absolute atomic E-state index is 0. The fraction of sp³-hybridized carbons (Fsp3) is 0.550. The predicted molar refractivity (Wildman–Crippen MR) is 104 cm³/mol. The van der Waals surface area contributed by atoms with Gasteiger partial charge in [0.2, 0.25) is 0 Å². The fourth-order valence-electron chi connectivity index (χ4n) is 3.91. The third-order valence-electron chi connectivity index (χ3n) is 5.33. The van der Waals surface area contributed by atoms with E-state index >= 15 is 0 Å². The number of rotatable bonds is 6. The molecule has 0 spiro atoms. The number of carbonyl (C=O) groups is 1. The van der Waals surface area contributed by atoms with Crippen LogP contribution in [0, 0.1) is 5.92 Å². The van der Waals surface area contributed by atoms with Gasteiger partial charge in [0.1, 0.15) is 0 Å². The predicted octanol–water partition coefficient (Wildman–Crippen LogP) is 4.46. The van der Waals surface area contributed by atoms with Crippen LogP contribution in [-0.4, -0.2) is 29.3 Å². The van der Waals surface area contributed by atoms with Crippen molar-refractivity contribution in [1.29, 1.82) is 0 Å². The van der Waals surface area contributed by atoms with E-state index in [-0.39, 0.29) is 18.4 Å². The summed E-state index contributed by atoms with van der Waals surface area (Å²) in [7, 11) is 0. The van der Waals surface area contributed by atoms with Crippen LogP contribution in [0.15, 0.2) is 35.9 Å². The van der Waals surface area contributed by atoms with Gasteiger partial charge in [0.25, 0.3) is 0 Å². The molecule has 2 aliphatic carbocycles. The summed E-state index contributed by atoms with van der Waals surface area (Å²) in [4.78, 5) is 10.7. The van der Waals surface area contributed by atoms with E-state index < -0.39 is 6.09 Å². The molecule has 138 valence electrons. The molecule has 0 saturated heterocycles. The molecule has 0 radical (unpaired) electrons. The number of nitrogens with one attached hydrogen (secondary N) is 2. The topological polar surface area (TPSA) is 61.4 Å². The van der Waals surface area contributed by atoms with Crippen LogP contribution in [0.1, 0.15) is 51.0 Å². The normalized spacial score (nSPS) is 28.8. The zero-order valence-corrected chi connectivity index (χ0v) is 15.6. The van der Waals surface area contributed by atoms with E-state index in [4.69, 9.17) is 5.11 Å². The van der Waals surface area contributed by atoms with Gasteiger partial charge in [0, 0.05) is 18.1 Å². The van der Waals surface area contributed by atoms with Crippen molar-refractivity contribution in [2.45, 2.75) is 63.6 Å². The molecule has 25 heavy (non-hydrogen) atoms. The summed E-state index contributed by atoms with van der Waals surface area (Å²) >= 11 is 0. The Morgan fingerprint density at radius 3 is 2.40 bits per heavy atom. The van der Waals surface area contributed by atoms with Crippen LogP contribution in [0.5, 0.6) is 0 Å². The lowest BCUT2D eigenvalue weighted by molar-refractivity contribution is 0.183. The monoisotopic (exact) mass is 364 g/mol. The van der Waals surface area contributed by atoms with Gasteiger partial charge in [-0.1, -0.05) is 48.9 Å². The number of amides is 1. The second kappa shape index (κ2) is 9.25. The third-order valence-corrected chi connectivity index (χ3v) is 5.33. The quantitative estimate of drug-likeness (QED) is 0.698. The van der Waals surface area contributed by atoms with Crippen molar-refractivity contribution in [1.82, 2.24) is 10.6 Å². The Balaban J connectivity index is 0.00000225. The van der Waals surface area contributed by atoms with Gasteiger partial charge in [-0.05, 0) is 50.0 Å². The van der Waals surface area contributed by atoms with Crippen LogP contribution in [0.4, 0.5) is 4.79 Å². The molecular formula is C20H29ClN2O2. The van der Waals surface area contributed by atoms with Gasteiger partial charge in [0.05, 0.1) is 0 Å². The molecule has 2 atom stereocenters. The highest BCUT2D eigenvalue weighted by Crippen LogP contribution is 2.40. The summed E-state index contributed by atoms with van der Waals surface area (Å²) in [6.45, 7) is 2.24. The molecule has 2 unspecified atom stereocenters. The molecular weight excluding hydrogens is 336 g/mol. The van der Waals surface area contributed by atoms with Crippen LogP contribution in [0.2, 0.25) is 0 Å². The average Bonchev–Trinajstić information content (AvgIpc) is 3.34. The van der Waals surface area contributed by atoms with E-state index in [1.165, 1.54) is 12.0 Å². The van der Waals surface area contributed by atoms with Crippen LogP contribution in [0.3, 0.4) is 0 Å². The lowest BCUT2D eigenvalue weighted by Crippen LogP contribution is -2.42. The van der Waals surface area contributed by atoms with E-state index in [1.54, 1.807) is 5.57 Å². The first kappa shape index (κ1) is 19.8. The van der Waals surface area contributed by atoms with Crippen molar-refractivity contribution in [3.05, 3.63) is 41.5 Å². The molecule has 1 amide bonds. The van der Waals surface area contributed by atoms with E-state index in [1.807, 2.05) is 0 Å². The van der Waals surface area contributed by atoms with E-state index in [9.17, 15) is 4.79 Å². The Hall–Kier alpha value is -1.52. The smallest absolute Gasteiger partial charge is 0.404 e. The van der Waals surface area contributed by atoms with Crippen molar-refractivity contribution in [2.75, 3.05) is 0 Å². The van der Waals surface area contributed by atoms with Gasteiger partial charge in [-0.2, -0.15) is 0 Å². The van der Waals surface area contributed by atoms with Crippen LogP contribution >= 0.6 is 12.4 Å². The molecule has 1 aromatic rings. The minimum Gasteiger partial charge on any atom is -0.465 e. The molecule has 2 saturated carbocycles. The molecule has 1 aromatic carbocycles. The maximum Gasteiger partial charge on any atom is 0.404 e. The average molecular weight is 365 g/mol. The first-order valence-electron chi connectivity index (χ1n) is 9.16. The Bertz CT molecular complexity index is 583. The third kappa shape index (κ3) is 5.75. The van der Waals surface area contributed by atoms with Crippen LogP contribution in [-0.2, 0) is 0 Å². The summed E-state index contributed by atoms with van der Waals surface area (Å²) in [5.41, 5.74) is 2.83. The molecule has 2 aliphatic rings. The van der Waals surface area contributed by atoms with Crippen molar-refractivity contribution in [2.24, 2.45) is 5.92 Å². The van der Waals surface area contributed by atoms with E-state index in [0.29, 0.717) is 18.0 Å². The zero-order valence-electron chi connectivity index (χ0n) is 14.8. The van der Waals surface area contributed by atoms with Gasteiger partial charge in [-0.3, -0.25) is 0 Å². The van der Waals surface area contributed by atoms with E-state index in [2.05, 4.69) is 54.0 Å². The highest BCUT2D eigenvalue weighted by Gasteiger charge is 2.40. The van der Waals surface area contributed by atoms with Gasteiger partial charge >= 0.3 is 6.09 Å². The van der Waals surface area contributed by atoms with Crippen molar-refractivity contribution >= 4 is 24.6 Å². The van der Waals surface area contributed by atoms with Gasteiger partial charge in [0.15, 0.2) is 0 Å². The molecule has 3 rings (SSSR count). The molecule has 5 heteroatoms. The lowest BCUT2D eigenvalue weighted by Gasteiger charge is -2.29. The fourth-order valence-corrected chi connectivity index (χ4v) is 3.91. The van der Waals surface area contributed by atoms with Crippen molar-refractivity contribution in [3.63, 3.8) is 0 Å². The van der Waals surface area contributed by atoms with Gasteiger partial charge < -0.3 is 15.7 Å². The number of carboxylic acid groups (broad SMARTS) is 1. The number of benzene rings is 1.